The van der Waals surface area contributed by atoms with Crippen molar-refractivity contribution in [2.24, 2.45) is 5.73 Å². The Morgan fingerprint density at radius 2 is 1.85 bits per heavy atom. The molecular formula is C17H17NO2. The molecule has 0 saturated carbocycles. The van der Waals surface area contributed by atoms with Crippen LogP contribution in [0, 0.1) is 11.8 Å². The van der Waals surface area contributed by atoms with E-state index in [2.05, 4.69) is 11.8 Å². The molecule has 0 heterocycles. The van der Waals surface area contributed by atoms with Gasteiger partial charge in [-0.2, -0.15) is 0 Å². The molecule has 2 rings (SSSR count). The fourth-order valence-corrected chi connectivity index (χ4v) is 1.73. The van der Waals surface area contributed by atoms with Crippen molar-refractivity contribution in [3.05, 3.63) is 59.7 Å². The van der Waals surface area contributed by atoms with Crippen LogP contribution in [0.5, 0.6) is 11.5 Å². The first kappa shape index (κ1) is 14.0. The van der Waals surface area contributed by atoms with E-state index in [1.165, 1.54) is 0 Å². The minimum Gasteiger partial charge on any atom is -0.493 e. The minimum absolute atomic E-state index is 0.305. The second-order valence-electron chi connectivity index (χ2n) is 4.15. The van der Waals surface area contributed by atoms with Gasteiger partial charge in [-0.25, -0.2) is 0 Å². The number of hydrogen-bond acceptors (Lipinski definition) is 3. The Hall–Kier alpha value is -2.44. The number of methoxy groups -OCH3 is 1. The summed E-state index contributed by atoms with van der Waals surface area (Å²) in [4.78, 5) is 0. The fraction of sp³-hybridized carbons (Fsp3) is 0.176. The van der Waals surface area contributed by atoms with E-state index in [0.29, 0.717) is 24.7 Å². The molecule has 0 unspecified atom stereocenters. The third-order valence-corrected chi connectivity index (χ3v) is 2.77. The standard InChI is InChI=1S/C17H17NO2/c1-19-16-10-9-15(13-18)12-17(16)20-11-5-8-14-6-3-2-4-7-14/h2-4,6-7,9-10,12H,11,13,18H2,1H3. The van der Waals surface area contributed by atoms with Crippen LogP contribution in [-0.4, -0.2) is 13.7 Å². The van der Waals surface area contributed by atoms with Crippen molar-refractivity contribution < 1.29 is 9.47 Å². The molecule has 2 aromatic carbocycles. The minimum atomic E-state index is 0.305. The summed E-state index contributed by atoms with van der Waals surface area (Å²) in [6.45, 7) is 0.773. The van der Waals surface area contributed by atoms with Crippen LogP contribution >= 0.6 is 0 Å². The van der Waals surface area contributed by atoms with Crippen LogP contribution in [0.2, 0.25) is 0 Å². The van der Waals surface area contributed by atoms with Crippen LogP contribution in [0.15, 0.2) is 48.5 Å². The number of rotatable bonds is 4. The first-order chi connectivity index (χ1) is 9.83. The maximum absolute atomic E-state index is 5.64. The third-order valence-electron chi connectivity index (χ3n) is 2.77. The van der Waals surface area contributed by atoms with Gasteiger partial charge in [-0.15, -0.1) is 0 Å². The summed E-state index contributed by atoms with van der Waals surface area (Å²) < 4.78 is 10.9. The lowest BCUT2D eigenvalue weighted by Gasteiger charge is -2.09. The fourth-order valence-electron chi connectivity index (χ4n) is 1.73. The monoisotopic (exact) mass is 267 g/mol. The van der Waals surface area contributed by atoms with Gasteiger partial charge >= 0.3 is 0 Å². The Kier molecular flexibility index (Phi) is 5.05. The molecule has 0 fully saturated rings. The van der Waals surface area contributed by atoms with Crippen molar-refractivity contribution >= 4 is 0 Å². The predicted octanol–water partition coefficient (Wildman–Crippen LogP) is 2.58. The molecule has 102 valence electrons. The van der Waals surface area contributed by atoms with E-state index < -0.39 is 0 Å². The van der Waals surface area contributed by atoms with E-state index in [1.807, 2.05) is 48.5 Å². The van der Waals surface area contributed by atoms with Crippen molar-refractivity contribution in [2.45, 2.75) is 6.54 Å². The predicted molar refractivity (Wildman–Crippen MR) is 79.7 cm³/mol. The van der Waals surface area contributed by atoms with E-state index >= 15 is 0 Å². The van der Waals surface area contributed by atoms with Crippen LogP contribution in [0.25, 0.3) is 0 Å². The van der Waals surface area contributed by atoms with E-state index in [0.717, 1.165) is 11.1 Å². The molecule has 0 aliphatic carbocycles. The highest BCUT2D eigenvalue weighted by Gasteiger charge is 2.04. The topological polar surface area (TPSA) is 44.5 Å². The maximum Gasteiger partial charge on any atom is 0.162 e. The average Bonchev–Trinajstić information content (AvgIpc) is 2.52. The van der Waals surface area contributed by atoms with Gasteiger partial charge in [0.25, 0.3) is 0 Å². The zero-order valence-electron chi connectivity index (χ0n) is 11.4. The van der Waals surface area contributed by atoms with Gasteiger partial charge in [-0.05, 0) is 29.8 Å². The van der Waals surface area contributed by atoms with Gasteiger partial charge in [0.1, 0.15) is 6.61 Å². The Labute approximate surface area is 119 Å². The summed E-state index contributed by atoms with van der Waals surface area (Å²) >= 11 is 0. The van der Waals surface area contributed by atoms with Crippen LogP contribution in [0.1, 0.15) is 11.1 Å². The van der Waals surface area contributed by atoms with Gasteiger partial charge in [-0.3, -0.25) is 0 Å². The number of hydrogen-bond donors (Lipinski definition) is 1. The highest BCUT2D eigenvalue weighted by atomic mass is 16.5. The second kappa shape index (κ2) is 7.22. The largest absolute Gasteiger partial charge is 0.493 e. The lowest BCUT2D eigenvalue weighted by Crippen LogP contribution is -2.00. The zero-order valence-corrected chi connectivity index (χ0v) is 11.4. The SMILES string of the molecule is COc1ccc(CN)cc1OCC#Cc1ccccc1. The van der Waals surface area contributed by atoms with Gasteiger partial charge < -0.3 is 15.2 Å². The molecule has 3 nitrogen and oxygen atoms in total. The summed E-state index contributed by atoms with van der Waals surface area (Å²) in [7, 11) is 1.61. The van der Waals surface area contributed by atoms with Crippen molar-refractivity contribution in [2.75, 3.05) is 13.7 Å². The van der Waals surface area contributed by atoms with Crippen LogP contribution in [-0.2, 0) is 6.54 Å². The van der Waals surface area contributed by atoms with Gasteiger partial charge in [0, 0.05) is 12.1 Å². The molecule has 3 heteroatoms. The molecule has 0 bridgehead atoms. The van der Waals surface area contributed by atoms with Gasteiger partial charge in [-0.1, -0.05) is 36.1 Å². The van der Waals surface area contributed by atoms with E-state index in [4.69, 9.17) is 15.2 Å². The van der Waals surface area contributed by atoms with E-state index in [1.54, 1.807) is 7.11 Å². The third kappa shape index (κ3) is 3.78. The van der Waals surface area contributed by atoms with Crippen molar-refractivity contribution in [1.82, 2.24) is 0 Å². The van der Waals surface area contributed by atoms with Crippen LogP contribution < -0.4 is 15.2 Å². The Morgan fingerprint density at radius 1 is 1.05 bits per heavy atom. The Bertz CT molecular complexity index is 612. The molecular weight excluding hydrogens is 250 g/mol. The molecule has 0 saturated heterocycles. The number of benzene rings is 2. The van der Waals surface area contributed by atoms with E-state index in [-0.39, 0.29) is 0 Å². The first-order valence-corrected chi connectivity index (χ1v) is 6.37. The Morgan fingerprint density at radius 3 is 2.55 bits per heavy atom. The van der Waals surface area contributed by atoms with Crippen molar-refractivity contribution in [3.8, 4) is 23.3 Å². The summed E-state index contributed by atoms with van der Waals surface area (Å²) in [5, 5.41) is 0. The summed E-state index contributed by atoms with van der Waals surface area (Å²) in [5.41, 5.74) is 7.58. The first-order valence-electron chi connectivity index (χ1n) is 6.37. The lowest BCUT2D eigenvalue weighted by molar-refractivity contribution is 0.330. The van der Waals surface area contributed by atoms with Gasteiger partial charge in [0.05, 0.1) is 7.11 Å². The highest BCUT2D eigenvalue weighted by Crippen LogP contribution is 2.27. The van der Waals surface area contributed by atoms with Crippen molar-refractivity contribution in [3.63, 3.8) is 0 Å². The highest BCUT2D eigenvalue weighted by molar-refractivity contribution is 5.43. The molecule has 0 spiro atoms. The molecule has 0 radical (unpaired) electrons. The molecule has 0 amide bonds. The van der Waals surface area contributed by atoms with Crippen LogP contribution in [0.3, 0.4) is 0 Å². The smallest absolute Gasteiger partial charge is 0.162 e. The summed E-state index contributed by atoms with van der Waals surface area (Å²) in [6.07, 6.45) is 0. The quantitative estimate of drug-likeness (QED) is 0.866. The Balaban J connectivity index is 2.02. The molecule has 2 aromatic rings. The van der Waals surface area contributed by atoms with Crippen LogP contribution in [0.4, 0.5) is 0 Å². The summed E-state index contributed by atoms with van der Waals surface area (Å²) in [5.74, 6) is 7.37. The maximum atomic E-state index is 5.64. The number of ether oxygens (including phenoxy) is 2. The molecule has 0 atom stereocenters. The number of nitrogens with two attached hydrogens (primary N) is 1. The molecule has 0 aliphatic rings. The molecule has 0 aromatic heterocycles. The zero-order chi connectivity index (χ0) is 14.2. The van der Waals surface area contributed by atoms with Crippen molar-refractivity contribution in [1.29, 1.82) is 0 Å². The second-order valence-corrected chi connectivity index (χ2v) is 4.15. The average molecular weight is 267 g/mol. The normalized spacial score (nSPS) is 9.50. The summed E-state index contributed by atoms with van der Waals surface area (Å²) in [6, 6.07) is 15.4. The van der Waals surface area contributed by atoms with E-state index in [9.17, 15) is 0 Å². The molecule has 2 N–H and O–H groups in total. The lowest BCUT2D eigenvalue weighted by atomic mass is 10.2. The van der Waals surface area contributed by atoms with Gasteiger partial charge in [0.15, 0.2) is 11.5 Å². The molecule has 0 aliphatic heterocycles. The van der Waals surface area contributed by atoms with Gasteiger partial charge in [0.2, 0.25) is 0 Å². The molecule has 20 heavy (non-hydrogen) atoms.